The first-order chi connectivity index (χ1) is 9.97. The van der Waals surface area contributed by atoms with Gasteiger partial charge in [-0.2, -0.15) is 0 Å². The lowest BCUT2D eigenvalue weighted by Crippen LogP contribution is -2.53. The van der Waals surface area contributed by atoms with Crippen LogP contribution in [0.5, 0.6) is 0 Å². The highest BCUT2D eigenvalue weighted by molar-refractivity contribution is 6.31. The Labute approximate surface area is 131 Å². The lowest BCUT2D eigenvalue weighted by Gasteiger charge is -2.43. The zero-order valence-corrected chi connectivity index (χ0v) is 13.6. The lowest BCUT2D eigenvalue weighted by atomic mass is 9.74. The van der Waals surface area contributed by atoms with E-state index in [0.717, 1.165) is 37.2 Å². The summed E-state index contributed by atoms with van der Waals surface area (Å²) in [5.74, 6) is 0.452. The molecule has 1 aliphatic carbocycles. The second-order valence-corrected chi connectivity index (χ2v) is 6.63. The Hall–Kier alpha value is -0.640. The number of rotatable bonds is 5. The third-order valence-electron chi connectivity index (χ3n) is 4.68. The van der Waals surface area contributed by atoms with Gasteiger partial charge in [0.05, 0.1) is 5.60 Å². The summed E-state index contributed by atoms with van der Waals surface area (Å²) < 4.78 is 19.5. The molecule has 1 aliphatic rings. The molecule has 1 unspecified atom stereocenters. The molecule has 0 spiro atoms. The van der Waals surface area contributed by atoms with Crippen LogP contribution in [0.2, 0.25) is 5.02 Å². The number of nitrogens with two attached hydrogens (primary N) is 1. The highest BCUT2D eigenvalue weighted by Gasteiger charge is 2.40. The van der Waals surface area contributed by atoms with E-state index in [4.69, 9.17) is 22.1 Å². The third-order valence-corrected chi connectivity index (χ3v) is 5.04. The first-order valence-electron chi connectivity index (χ1n) is 7.80. The van der Waals surface area contributed by atoms with Crippen molar-refractivity contribution >= 4 is 11.6 Å². The Bertz CT molecular complexity index is 472. The Morgan fingerprint density at radius 2 is 2.10 bits per heavy atom. The van der Waals surface area contributed by atoms with Gasteiger partial charge in [-0.1, -0.05) is 18.5 Å². The topological polar surface area (TPSA) is 35.2 Å². The highest BCUT2D eigenvalue weighted by atomic mass is 35.5. The van der Waals surface area contributed by atoms with Gasteiger partial charge in [-0.15, -0.1) is 0 Å². The van der Waals surface area contributed by atoms with Crippen molar-refractivity contribution in [2.24, 2.45) is 11.7 Å². The van der Waals surface area contributed by atoms with Crippen molar-refractivity contribution in [1.82, 2.24) is 0 Å². The van der Waals surface area contributed by atoms with Gasteiger partial charge in [0.25, 0.3) is 0 Å². The number of halogens is 2. The van der Waals surface area contributed by atoms with Crippen molar-refractivity contribution in [3.63, 3.8) is 0 Å². The predicted octanol–water partition coefficient (Wildman–Crippen LogP) is 4.33. The first kappa shape index (κ1) is 16.7. The molecular formula is C17H25ClFNO. The molecule has 0 aromatic heterocycles. The van der Waals surface area contributed by atoms with E-state index in [1.54, 1.807) is 6.07 Å². The summed E-state index contributed by atoms with van der Waals surface area (Å²) in [5, 5.41) is 0.572. The molecular weight excluding hydrogens is 289 g/mol. The summed E-state index contributed by atoms with van der Waals surface area (Å²) in [6.45, 7) is 4.92. The molecule has 0 bridgehead atoms. The van der Waals surface area contributed by atoms with Crippen LogP contribution < -0.4 is 5.73 Å². The summed E-state index contributed by atoms with van der Waals surface area (Å²) in [5.41, 5.74) is 6.93. The van der Waals surface area contributed by atoms with Crippen LogP contribution in [0.15, 0.2) is 18.2 Å². The van der Waals surface area contributed by atoms with E-state index in [2.05, 4.69) is 6.92 Å². The fourth-order valence-corrected chi connectivity index (χ4v) is 3.48. The fourth-order valence-electron chi connectivity index (χ4n) is 3.28. The SMILES string of the molecule is CCOC1(C(N)Cc2cc(F)ccc2Cl)CCC(C)CC1. The molecule has 1 atom stereocenters. The predicted molar refractivity (Wildman–Crippen MR) is 85.1 cm³/mol. The summed E-state index contributed by atoms with van der Waals surface area (Å²) >= 11 is 6.16. The molecule has 1 saturated carbocycles. The molecule has 118 valence electrons. The van der Waals surface area contributed by atoms with E-state index >= 15 is 0 Å². The summed E-state index contributed by atoms with van der Waals surface area (Å²) in [6.07, 6.45) is 4.74. The Morgan fingerprint density at radius 1 is 1.43 bits per heavy atom. The molecule has 0 heterocycles. The van der Waals surface area contributed by atoms with Crippen LogP contribution in [0.3, 0.4) is 0 Å². The summed E-state index contributed by atoms with van der Waals surface area (Å²) in [7, 11) is 0. The molecule has 0 aliphatic heterocycles. The van der Waals surface area contributed by atoms with Crippen LogP contribution in [0.4, 0.5) is 4.39 Å². The van der Waals surface area contributed by atoms with Crippen molar-refractivity contribution in [2.45, 2.75) is 57.6 Å². The average Bonchev–Trinajstić information content (AvgIpc) is 2.46. The van der Waals surface area contributed by atoms with Gasteiger partial charge in [0, 0.05) is 17.7 Å². The van der Waals surface area contributed by atoms with Crippen molar-refractivity contribution < 1.29 is 9.13 Å². The van der Waals surface area contributed by atoms with E-state index in [9.17, 15) is 4.39 Å². The van der Waals surface area contributed by atoms with E-state index in [1.165, 1.54) is 12.1 Å². The maximum Gasteiger partial charge on any atom is 0.123 e. The lowest BCUT2D eigenvalue weighted by molar-refractivity contribution is -0.0883. The average molecular weight is 314 g/mol. The number of hydrogen-bond acceptors (Lipinski definition) is 2. The zero-order valence-electron chi connectivity index (χ0n) is 12.9. The fraction of sp³-hybridized carbons (Fsp3) is 0.647. The minimum Gasteiger partial charge on any atom is -0.374 e. The third kappa shape index (κ3) is 3.97. The van der Waals surface area contributed by atoms with Crippen LogP contribution in [0, 0.1) is 11.7 Å². The molecule has 1 aromatic rings. The van der Waals surface area contributed by atoms with Crippen molar-refractivity contribution in [2.75, 3.05) is 6.61 Å². The quantitative estimate of drug-likeness (QED) is 0.878. The van der Waals surface area contributed by atoms with E-state index in [1.807, 2.05) is 6.92 Å². The van der Waals surface area contributed by atoms with Crippen LogP contribution in [0.1, 0.15) is 45.1 Å². The molecule has 1 aromatic carbocycles. The highest BCUT2D eigenvalue weighted by Crippen LogP contribution is 2.38. The Balaban J connectivity index is 2.15. The normalized spacial score (nSPS) is 27.6. The van der Waals surface area contributed by atoms with Crippen molar-refractivity contribution in [3.8, 4) is 0 Å². The maximum atomic E-state index is 13.4. The smallest absolute Gasteiger partial charge is 0.123 e. The minimum atomic E-state index is -0.295. The second-order valence-electron chi connectivity index (χ2n) is 6.23. The Morgan fingerprint density at radius 3 is 2.71 bits per heavy atom. The van der Waals surface area contributed by atoms with E-state index < -0.39 is 0 Å². The van der Waals surface area contributed by atoms with Crippen LogP contribution in [0.25, 0.3) is 0 Å². The molecule has 2 nitrogen and oxygen atoms in total. The first-order valence-corrected chi connectivity index (χ1v) is 8.18. The van der Waals surface area contributed by atoms with E-state index in [0.29, 0.717) is 18.1 Å². The molecule has 0 saturated heterocycles. The largest absolute Gasteiger partial charge is 0.374 e. The van der Waals surface area contributed by atoms with Gasteiger partial charge in [0.2, 0.25) is 0 Å². The van der Waals surface area contributed by atoms with Crippen LogP contribution >= 0.6 is 11.6 Å². The molecule has 4 heteroatoms. The number of benzene rings is 1. The summed E-state index contributed by atoms with van der Waals surface area (Å²) in [4.78, 5) is 0. The van der Waals surface area contributed by atoms with Crippen LogP contribution in [-0.2, 0) is 11.2 Å². The van der Waals surface area contributed by atoms with E-state index in [-0.39, 0.29) is 17.5 Å². The number of hydrogen-bond donors (Lipinski definition) is 1. The maximum absolute atomic E-state index is 13.4. The van der Waals surface area contributed by atoms with Gasteiger partial charge in [0.15, 0.2) is 0 Å². The van der Waals surface area contributed by atoms with Gasteiger partial charge in [-0.3, -0.25) is 0 Å². The second kappa shape index (κ2) is 7.08. The van der Waals surface area contributed by atoms with Gasteiger partial charge in [-0.05, 0) is 68.7 Å². The minimum absolute atomic E-state index is 0.163. The zero-order chi connectivity index (χ0) is 15.5. The van der Waals surface area contributed by atoms with Gasteiger partial charge in [-0.25, -0.2) is 4.39 Å². The monoisotopic (exact) mass is 313 g/mol. The summed E-state index contributed by atoms with van der Waals surface area (Å²) in [6, 6.07) is 4.28. The van der Waals surface area contributed by atoms with Gasteiger partial charge >= 0.3 is 0 Å². The molecule has 21 heavy (non-hydrogen) atoms. The van der Waals surface area contributed by atoms with Crippen molar-refractivity contribution in [1.29, 1.82) is 0 Å². The van der Waals surface area contributed by atoms with Gasteiger partial charge < -0.3 is 10.5 Å². The van der Waals surface area contributed by atoms with Gasteiger partial charge in [0.1, 0.15) is 5.82 Å². The molecule has 2 N–H and O–H groups in total. The van der Waals surface area contributed by atoms with Crippen LogP contribution in [-0.4, -0.2) is 18.2 Å². The molecule has 1 fully saturated rings. The molecule has 0 radical (unpaired) electrons. The standard InChI is InChI=1S/C17H25ClFNO/c1-3-21-17(8-6-12(2)7-9-17)16(20)11-13-10-14(19)4-5-15(13)18/h4-5,10,12,16H,3,6-9,11,20H2,1-2H3. The van der Waals surface area contributed by atoms with Crippen molar-refractivity contribution in [3.05, 3.63) is 34.6 Å². The Kier molecular flexibility index (Phi) is 5.64. The molecule has 0 amide bonds. The number of ether oxygens (including phenoxy) is 1. The molecule has 2 rings (SSSR count).